The van der Waals surface area contributed by atoms with Gasteiger partial charge in [-0.1, -0.05) is 0 Å². The van der Waals surface area contributed by atoms with Crippen molar-refractivity contribution in [2.24, 2.45) is 5.73 Å². The van der Waals surface area contributed by atoms with Gasteiger partial charge in [-0.3, -0.25) is 4.79 Å². The van der Waals surface area contributed by atoms with Gasteiger partial charge >= 0.3 is 0 Å². The van der Waals surface area contributed by atoms with Crippen molar-refractivity contribution in [2.45, 2.75) is 19.0 Å². The van der Waals surface area contributed by atoms with E-state index < -0.39 is 6.04 Å². The fourth-order valence-electron chi connectivity index (χ4n) is 1.34. The molecule has 0 aliphatic heterocycles. The molecule has 6 heteroatoms. The minimum Gasteiger partial charge on any atom is -0.385 e. The maximum Gasteiger partial charge on any atom is 0.239 e. The monoisotopic (exact) mass is 226 g/mol. The molecule has 16 heavy (non-hydrogen) atoms. The third-order valence-corrected chi connectivity index (χ3v) is 2.27. The molecule has 1 aromatic heterocycles. The molecule has 0 aliphatic carbocycles. The van der Waals surface area contributed by atoms with Crippen molar-refractivity contribution in [2.75, 3.05) is 20.8 Å². The Kier molecular flexibility index (Phi) is 4.94. The Balaban J connectivity index is 2.41. The third-order valence-electron chi connectivity index (χ3n) is 2.27. The first-order chi connectivity index (χ1) is 7.65. The van der Waals surface area contributed by atoms with Crippen molar-refractivity contribution in [3.63, 3.8) is 0 Å². The van der Waals surface area contributed by atoms with Gasteiger partial charge in [0.1, 0.15) is 5.82 Å². The first kappa shape index (κ1) is 12.7. The van der Waals surface area contributed by atoms with Crippen LogP contribution in [0.4, 0.5) is 0 Å². The summed E-state index contributed by atoms with van der Waals surface area (Å²) in [5.41, 5.74) is 5.73. The van der Waals surface area contributed by atoms with Crippen LogP contribution in [0.15, 0.2) is 12.4 Å². The van der Waals surface area contributed by atoms with Crippen LogP contribution in [0.3, 0.4) is 0 Å². The molecule has 0 aliphatic rings. The molecule has 0 radical (unpaired) electrons. The first-order valence-electron chi connectivity index (χ1n) is 5.13. The summed E-state index contributed by atoms with van der Waals surface area (Å²) >= 11 is 0. The Hall–Kier alpha value is -1.40. The SMILES string of the molecule is COCCC(N)C(=O)N(C)Cc1ncc[nH]1. The average Bonchev–Trinajstić information content (AvgIpc) is 2.77. The number of rotatable bonds is 6. The van der Waals surface area contributed by atoms with Crippen molar-refractivity contribution in [3.05, 3.63) is 18.2 Å². The van der Waals surface area contributed by atoms with Gasteiger partial charge in [0.15, 0.2) is 0 Å². The predicted octanol–water partition coefficient (Wildman–Crippen LogP) is -0.268. The van der Waals surface area contributed by atoms with Gasteiger partial charge in [-0.25, -0.2) is 4.98 Å². The van der Waals surface area contributed by atoms with E-state index in [0.717, 1.165) is 5.82 Å². The summed E-state index contributed by atoms with van der Waals surface area (Å²) in [5.74, 6) is 0.642. The fraction of sp³-hybridized carbons (Fsp3) is 0.600. The van der Waals surface area contributed by atoms with E-state index in [9.17, 15) is 4.79 Å². The van der Waals surface area contributed by atoms with Crippen LogP contribution in [0, 0.1) is 0 Å². The number of carbonyl (C=O) groups excluding carboxylic acids is 1. The molecule has 0 aromatic carbocycles. The molecular weight excluding hydrogens is 208 g/mol. The lowest BCUT2D eigenvalue weighted by atomic mass is 10.2. The summed E-state index contributed by atoms with van der Waals surface area (Å²) in [7, 11) is 3.29. The Morgan fingerprint density at radius 2 is 2.50 bits per heavy atom. The highest BCUT2D eigenvalue weighted by atomic mass is 16.5. The Labute approximate surface area is 94.8 Å². The molecule has 0 saturated heterocycles. The largest absolute Gasteiger partial charge is 0.385 e. The number of aromatic nitrogens is 2. The molecule has 1 unspecified atom stereocenters. The van der Waals surface area contributed by atoms with Crippen LogP contribution in [0.5, 0.6) is 0 Å². The normalized spacial score (nSPS) is 12.4. The topological polar surface area (TPSA) is 84.2 Å². The number of H-pyrrole nitrogens is 1. The highest BCUT2D eigenvalue weighted by Gasteiger charge is 2.18. The molecule has 1 amide bonds. The zero-order chi connectivity index (χ0) is 12.0. The number of amides is 1. The minimum atomic E-state index is -0.514. The summed E-state index contributed by atoms with van der Waals surface area (Å²) in [6.07, 6.45) is 3.90. The molecule has 0 saturated carbocycles. The van der Waals surface area contributed by atoms with Crippen molar-refractivity contribution in [3.8, 4) is 0 Å². The van der Waals surface area contributed by atoms with Crippen molar-refractivity contribution < 1.29 is 9.53 Å². The molecule has 1 heterocycles. The van der Waals surface area contributed by atoms with Crippen molar-refractivity contribution in [1.29, 1.82) is 0 Å². The van der Waals surface area contributed by atoms with Crippen LogP contribution in [-0.2, 0) is 16.1 Å². The molecule has 1 aromatic rings. The first-order valence-corrected chi connectivity index (χ1v) is 5.13. The number of likely N-dealkylation sites (N-methyl/N-ethyl adjacent to an activating group) is 1. The molecule has 0 spiro atoms. The summed E-state index contributed by atoms with van der Waals surface area (Å²) in [6.45, 7) is 0.925. The van der Waals surface area contributed by atoms with E-state index in [1.54, 1.807) is 31.5 Å². The number of nitrogens with zero attached hydrogens (tertiary/aromatic N) is 2. The number of nitrogens with two attached hydrogens (primary N) is 1. The van der Waals surface area contributed by atoms with Crippen LogP contribution in [-0.4, -0.2) is 47.6 Å². The van der Waals surface area contributed by atoms with Gasteiger partial charge in [0.05, 0.1) is 12.6 Å². The van der Waals surface area contributed by atoms with E-state index in [2.05, 4.69) is 9.97 Å². The molecule has 6 nitrogen and oxygen atoms in total. The van der Waals surface area contributed by atoms with E-state index in [0.29, 0.717) is 19.6 Å². The summed E-state index contributed by atoms with van der Waals surface area (Å²) in [6, 6.07) is -0.514. The number of imidazole rings is 1. The number of hydrogen-bond acceptors (Lipinski definition) is 4. The fourth-order valence-corrected chi connectivity index (χ4v) is 1.34. The molecular formula is C10H18N4O2. The number of carbonyl (C=O) groups is 1. The van der Waals surface area contributed by atoms with Gasteiger partial charge < -0.3 is 20.4 Å². The van der Waals surface area contributed by atoms with Gasteiger partial charge in [-0.2, -0.15) is 0 Å². The standard InChI is InChI=1S/C10H18N4O2/c1-14(7-9-12-4-5-13-9)10(15)8(11)3-6-16-2/h4-5,8H,3,6-7,11H2,1-2H3,(H,12,13). The number of ether oxygens (including phenoxy) is 1. The van der Waals surface area contributed by atoms with Gasteiger partial charge in [0.2, 0.25) is 5.91 Å². The minimum absolute atomic E-state index is 0.103. The van der Waals surface area contributed by atoms with Crippen LogP contribution in [0.2, 0.25) is 0 Å². The van der Waals surface area contributed by atoms with Crippen LogP contribution in [0.25, 0.3) is 0 Å². The summed E-state index contributed by atoms with van der Waals surface area (Å²) in [5, 5.41) is 0. The van der Waals surface area contributed by atoms with E-state index in [4.69, 9.17) is 10.5 Å². The van der Waals surface area contributed by atoms with Crippen LogP contribution >= 0.6 is 0 Å². The second-order valence-corrected chi connectivity index (χ2v) is 3.62. The van der Waals surface area contributed by atoms with Crippen LogP contribution < -0.4 is 5.73 Å². The van der Waals surface area contributed by atoms with E-state index in [1.807, 2.05) is 0 Å². The van der Waals surface area contributed by atoms with Crippen molar-refractivity contribution >= 4 is 5.91 Å². The molecule has 1 atom stereocenters. The summed E-state index contributed by atoms with van der Waals surface area (Å²) in [4.78, 5) is 20.3. The second kappa shape index (κ2) is 6.24. The Morgan fingerprint density at radius 3 is 3.06 bits per heavy atom. The maximum absolute atomic E-state index is 11.8. The average molecular weight is 226 g/mol. The summed E-state index contributed by atoms with van der Waals surface area (Å²) < 4.78 is 4.88. The molecule has 1 rings (SSSR count). The zero-order valence-corrected chi connectivity index (χ0v) is 9.64. The molecule has 0 fully saturated rings. The lowest BCUT2D eigenvalue weighted by Gasteiger charge is -2.20. The predicted molar refractivity (Wildman–Crippen MR) is 59.5 cm³/mol. The maximum atomic E-state index is 11.8. The van der Waals surface area contributed by atoms with Gasteiger partial charge in [0.25, 0.3) is 0 Å². The number of aromatic amines is 1. The molecule has 3 N–H and O–H groups in total. The van der Waals surface area contributed by atoms with E-state index in [-0.39, 0.29) is 5.91 Å². The molecule has 0 bridgehead atoms. The van der Waals surface area contributed by atoms with Gasteiger partial charge in [0, 0.05) is 33.2 Å². The van der Waals surface area contributed by atoms with E-state index in [1.165, 1.54) is 0 Å². The number of hydrogen-bond donors (Lipinski definition) is 2. The number of methoxy groups -OCH3 is 1. The Morgan fingerprint density at radius 1 is 1.75 bits per heavy atom. The lowest BCUT2D eigenvalue weighted by Crippen LogP contribution is -2.42. The van der Waals surface area contributed by atoms with Gasteiger partial charge in [-0.15, -0.1) is 0 Å². The number of nitrogens with one attached hydrogen (secondary N) is 1. The lowest BCUT2D eigenvalue weighted by molar-refractivity contribution is -0.132. The van der Waals surface area contributed by atoms with E-state index >= 15 is 0 Å². The highest BCUT2D eigenvalue weighted by Crippen LogP contribution is 2.00. The van der Waals surface area contributed by atoms with Gasteiger partial charge in [-0.05, 0) is 6.42 Å². The van der Waals surface area contributed by atoms with Crippen LogP contribution in [0.1, 0.15) is 12.2 Å². The quantitative estimate of drug-likeness (QED) is 0.699. The zero-order valence-electron chi connectivity index (χ0n) is 9.64. The highest BCUT2D eigenvalue weighted by molar-refractivity contribution is 5.81. The second-order valence-electron chi connectivity index (χ2n) is 3.62. The smallest absolute Gasteiger partial charge is 0.239 e. The van der Waals surface area contributed by atoms with Crippen molar-refractivity contribution in [1.82, 2.24) is 14.9 Å². The molecule has 90 valence electrons. The Bertz CT molecular complexity index is 313. The third kappa shape index (κ3) is 3.63.